The lowest BCUT2D eigenvalue weighted by atomic mass is 10.3. The first kappa shape index (κ1) is 12.4. The number of nitrogens with one attached hydrogen (secondary N) is 1. The minimum Gasteiger partial charge on any atom is -0.283 e. The molecular formula is C11H11ClFN3. The normalized spacial score (nSPS) is 11.8. The van der Waals surface area contributed by atoms with E-state index < -0.39 is 0 Å². The number of nitrogens with zero attached hydrogens (tertiary/aromatic N) is 2. The topological polar surface area (TPSA) is 37.3 Å². The van der Waals surface area contributed by atoms with Gasteiger partial charge in [-0.05, 0) is 17.7 Å². The van der Waals surface area contributed by atoms with Gasteiger partial charge in [0, 0.05) is 18.0 Å². The van der Waals surface area contributed by atoms with Gasteiger partial charge in [0.15, 0.2) is 0 Å². The van der Waals surface area contributed by atoms with Crippen molar-refractivity contribution in [1.82, 2.24) is 9.82 Å². The second-order valence-corrected chi connectivity index (χ2v) is 3.09. The van der Waals surface area contributed by atoms with E-state index in [-0.39, 0.29) is 5.82 Å². The van der Waals surface area contributed by atoms with Crippen LogP contribution in [0.2, 0.25) is 0 Å². The van der Waals surface area contributed by atoms with E-state index in [2.05, 4.69) is 21.4 Å². The van der Waals surface area contributed by atoms with Crippen molar-refractivity contribution in [3.8, 4) is 0 Å². The summed E-state index contributed by atoms with van der Waals surface area (Å²) in [7, 11) is 0. The Morgan fingerprint density at radius 1 is 1.62 bits per heavy atom. The van der Waals surface area contributed by atoms with Crippen LogP contribution in [0.25, 0.3) is 0 Å². The first-order valence-electron chi connectivity index (χ1n) is 4.56. The molecule has 0 saturated heterocycles. The van der Waals surface area contributed by atoms with Gasteiger partial charge >= 0.3 is 0 Å². The summed E-state index contributed by atoms with van der Waals surface area (Å²) in [6.45, 7) is 3.83. The van der Waals surface area contributed by atoms with E-state index in [1.807, 2.05) is 0 Å². The molecule has 3 nitrogen and oxygen atoms in total. The average molecular weight is 240 g/mol. The number of aliphatic imine (C=N–C) groups is 1. The van der Waals surface area contributed by atoms with Crippen molar-refractivity contribution in [1.29, 1.82) is 0 Å². The fourth-order valence-corrected chi connectivity index (χ4v) is 1.11. The SMILES string of the molecule is C=C/C=C\C(=NCc1cncc(F)c1)NCl. The quantitative estimate of drug-likeness (QED) is 0.380. The number of halogens is 2. The smallest absolute Gasteiger partial charge is 0.141 e. The zero-order chi connectivity index (χ0) is 11.8. The third-order valence-corrected chi connectivity index (χ3v) is 1.87. The number of allylic oxidation sites excluding steroid dienone is 2. The van der Waals surface area contributed by atoms with E-state index in [1.165, 1.54) is 6.07 Å². The lowest BCUT2D eigenvalue weighted by Crippen LogP contribution is -2.09. The standard InChI is InChI=1S/C11H11ClFN3/c1-2-3-4-11(16-12)15-7-9-5-10(13)8-14-6-9/h2-6,8H,1,7H2,(H,15,16)/b4-3-. The summed E-state index contributed by atoms with van der Waals surface area (Å²) in [4.78, 5) is 10.2. The Balaban J connectivity index is 2.69. The molecule has 0 amide bonds. The first-order chi connectivity index (χ1) is 7.76. The number of hydrogen-bond donors (Lipinski definition) is 1. The van der Waals surface area contributed by atoms with E-state index in [0.717, 1.165) is 6.20 Å². The Hall–Kier alpha value is -1.68. The van der Waals surface area contributed by atoms with Gasteiger partial charge in [0.2, 0.25) is 0 Å². The molecule has 84 valence electrons. The van der Waals surface area contributed by atoms with Crippen LogP contribution in [0.1, 0.15) is 5.56 Å². The summed E-state index contributed by atoms with van der Waals surface area (Å²) in [6.07, 6.45) is 7.65. The summed E-state index contributed by atoms with van der Waals surface area (Å²) < 4.78 is 12.8. The third kappa shape index (κ3) is 4.23. The van der Waals surface area contributed by atoms with Gasteiger partial charge in [-0.3, -0.25) is 14.8 Å². The molecule has 0 fully saturated rings. The van der Waals surface area contributed by atoms with Crippen LogP contribution in [0.4, 0.5) is 4.39 Å². The third-order valence-electron chi connectivity index (χ3n) is 1.68. The van der Waals surface area contributed by atoms with Crippen molar-refractivity contribution >= 4 is 17.6 Å². The molecule has 0 radical (unpaired) electrons. The fourth-order valence-electron chi connectivity index (χ4n) is 0.992. The highest BCUT2D eigenvalue weighted by Crippen LogP contribution is 2.02. The van der Waals surface area contributed by atoms with Crippen LogP contribution in [-0.4, -0.2) is 10.8 Å². The van der Waals surface area contributed by atoms with Gasteiger partial charge in [-0.25, -0.2) is 4.39 Å². The molecule has 0 atom stereocenters. The molecule has 1 rings (SSSR count). The van der Waals surface area contributed by atoms with Gasteiger partial charge in [-0.1, -0.05) is 18.7 Å². The second-order valence-electron chi connectivity index (χ2n) is 2.90. The summed E-state index contributed by atoms with van der Waals surface area (Å²) in [6, 6.07) is 1.37. The monoisotopic (exact) mass is 239 g/mol. The van der Waals surface area contributed by atoms with Crippen LogP contribution >= 0.6 is 11.8 Å². The average Bonchev–Trinajstić information content (AvgIpc) is 2.29. The number of amidine groups is 1. The van der Waals surface area contributed by atoms with Gasteiger partial charge < -0.3 is 0 Å². The highest BCUT2D eigenvalue weighted by Gasteiger charge is 1.95. The minimum absolute atomic E-state index is 0.307. The maximum atomic E-state index is 12.8. The number of rotatable bonds is 4. The van der Waals surface area contributed by atoms with Gasteiger partial charge in [0.25, 0.3) is 0 Å². The van der Waals surface area contributed by atoms with Gasteiger partial charge in [0.05, 0.1) is 12.7 Å². The lowest BCUT2D eigenvalue weighted by molar-refractivity contribution is 0.618. The Morgan fingerprint density at radius 2 is 2.44 bits per heavy atom. The van der Waals surface area contributed by atoms with Crippen molar-refractivity contribution in [3.05, 3.63) is 54.6 Å². The predicted molar refractivity (Wildman–Crippen MR) is 63.7 cm³/mol. The molecule has 0 unspecified atom stereocenters. The summed E-state index contributed by atoms with van der Waals surface area (Å²) in [5.74, 6) is 0.0977. The highest BCUT2D eigenvalue weighted by molar-refractivity contribution is 6.24. The second kappa shape index (κ2) is 6.74. The van der Waals surface area contributed by atoms with Crippen molar-refractivity contribution in [3.63, 3.8) is 0 Å². The van der Waals surface area contributed by atoms with Crippen LogP contribution in [-0.2, 0) is 6.54 Å². The van der Waals surface area contributed by atoms with Crippen LogP contribution in [0.15, 0.2) is 48.3 Å². The Kier molecular flexibility index (Phi) is 5.22. The molecule has 0 aromatic carbocycles. The molecule has 0 bridgehead atoms. The number of hydrogen-bond acceptors (Lipinski definition) is 2. The highest BCUT2D eigenvalue weighted by atomic mass is 35.5. The molecule has 16 heavy (non-hydrogen) atoms. The van der Waals surface area contributed by atoms with E-state index in [9.17, 15) is 4.39 Å². The molecule has 0 aliphatic carbocycles. The molecule has 1 N–H and O–H groups in total. The molecule has 0 aliphatic heterocycles. The molecule has 0 saturated carbocycles. The zero-order valence-corrected chi connectivity index (χ0v) is 9.28. The fraction of sp³-hybridized carbons (Fsp3) is 0.0909. The van der Waals surface area contributed by atoms with E-state index in [0.29, 0.717) is 17.9 Å². The van der Waals surface area contributed by atoms with Crippen molar-refractivity contribution < 1.29 is 4.39 Å². The number of pyridine rings is 1. The van der Waals surface area contributed by atoms with E-state index in [1.54, 1.807) is 24.4 Å². The van der Waals surface area contributed by atoms with Gasteiger partial charge in [-0.2, -0.15) is 0 Å². The molecule has 0 spiro atoms. The number of aromatic nitrogens is 1. The van der Waals surface area contributed by atoms with Crippen LogP contribution in [0, 0.1) is 5.82 Å². The molecular weight excluding hydrogens is 229 g/mol. The molecule has 1 aromatic rings. The van der Waals surface area contributed by atoms with Gasteiger partial charge in [0.1, 0.15) is 11.7 Å². The Morgan fingerprint density at radius 3 is 3.06 bits per heavy atom. The summed E-state index contributed by atoms with van der Waals surface area (Å²) >= 11 is 5.44. The van der Waals surface area contributed by atoms with Gasteiger partial charge in [-0.15, -0.1) is 0 Å². The maximum absolute atomic E-state index is 12.8. The van der Waals surface area contributed by atoms with Crippen LogP contribution in [0.3, 0.4) is 0 Å². The zero-order valence-electron chi connectivity index (χ0n) is 8.53. The van der Waals surface area contributed by atoms with Crippen molar-refractivity contribution in [2.24, 2.45) is 4.99 Å². The van der Waals surface area contributed by atoms with Crippen molar-refractivity contribution in [2.45, 2.75) is 6.54 Å². The first-order valence-corrected chi connectivity index (χ1v) is 4.93. The maximum Gasteiger partial charge on any atom is 0.141 e. The molecule has 1 aromatic heterocycles. The molecule has 0 aliphatic rings. The van der Waals surface area contributed by atoms with Crippen molar-refractivity contribution in [2.75, 3.05) is 0 Å². The largest absolute Gasteiger partial charge is 0.283 e. The molecule has 1 heterocycles. The summed E-state index contributed by atoms with van der Waals surface area (Å²) in [5, 5.41) is 0. The predicted octanol–water partition coefficient (Wildman–Crippen LogP) is 2.60. The summed E-state index contributed by atoms with van der Waals surface area (Å²) in [5.41, 5.74) is 0.677. The Labute approximate surface area is 98.5 Å². The Bertz CT molecular complexity index is 415. The van der Waals surface area contributed by atoms with E-state index >= 15 is 0 Å². The van der Waals surface area contributed by atoms with Crippen LogP contribution in [0.5, 0.6) is 0 Å². The minimum atomic E-state index is -0.380. The van der Waals surface area contributed by atoms with Crippen LogP contribution < -0.4 is 4.84 Å². The molecule has 5 heteroatoms. The lowest BCUT2D eigenvalue weighted by Gasteiger charge is -1.99. The van der Waals surface area contributed by atoms with E-state index in [4.69, 9.17) is 11.8 Å².